The molecule has 3 heteroatoms. The summed E-state index contributed by atoms with van der Waals surface area (Å²) in [4.78, 5) is 12.2. The third kappa shape index (κ3) is 2.16. The van der Waals surface area contributed by atoms with Crippen molar-refractivity contribution in [2.45, 2.75) is 37.6 Å². The molecule has 0 bridgehead atoms. The van der Waals surface area contributed by atoms with Gasteiger partial charge in [0.1, 0.15) is 5.54 Å². The number of benzene rings is 1. The van der Waals surface area contributed by atoms with Gasteiger partial charge in [0, 0.05) is 0 Å². The smallest absolute Gasteiger partial charge is 0.231 e. The zero-order valence-electron chi connectivity index (χ0n) is 10.2. The molecule has 1 amide bonds. The van der Waals surface area contributed by atoms with Crippen LogP contribution >= 0.6 is 0 Å². The molecular weight excluding hydrogens is 212 g/mol. The van der Waals surface area contributed by atoms with Crippen LogP contribution in [0.4, 0.5) is 0 Å². The van der Waals surface area contributed by atoms with Crippen LogP contribution in [0.5, 0.6) is 0 Å². The van der Waals surface area contributed by atoms with Gasteiger partial charge in [-0.1, -0.05) is 30.3 Å². The molecule has 1 fully saturated rings. The molecule has 1 saturated carbocycles. The Kier molecular flexibility index (Phi) is 2.66. The van der Waals surface area contributed by atoms with E-state index in [1.807, 2.05) is 30.3 Å². The van der Waals surface area contributed by atoms with Crippen molar-refractivity contribution in [2.24, 2.45) is 0 Å². The second-order valence-corrected chi connectivity index (χ2v) is 5.14. The van der Waals surface area contributed by atoms with E-state index < -0.39 is 11.0 Å². The normalized spacial score (nSPS) is 17.0. The summed E-state index contributed by atoms with van der Waals surface area (Å²) < 4.78 is 0. The van der Waals surface area contributed by atoms with Crippen LogP contribution < -0.4 is 5.32 Å². The third-order valence-electron chi connectivity index (χ3n) is 3.22. The van der Waals surface area contributed by atoms with Crippen LogP contribution in [-0.2, 0) is 10.2 Å². The number of nitrogens with zero attached hydrogens (tertiary/aromatic N) is 1. The Balaban J connectivity index is 2.19. The van der Waals surface area contributed by atoms with Gasteiger partial charge in [0.05, 0.1) is 11.5 Å². The monoisotopic (exact) mass is 228 g/mol. The Hall–Kier alpha value is -1.82. The zero-order valence-corrected chi connectivity index (χ0v) is 10.2. The molecule has 1 aliphatic carbocycles. The summed E-state index contributed by atoms with van der Waals surface area (Å²) in [6.07, 6.45) is 1.73. The van der Waals surface area contributed by atoms with Crippen molar-refractivity contribution < 1.29 is 4.79 Å². The van der Waals surface area contributed by atoms with Gasteiger partial charge in [-0.15, -0.1) is 0 Å². The average molecular weight is 228 g/mol. The zero-order chi connectivity index (χ0) is 12.5. The third-order valence-corrected chi connectivity index (χ3v) is 3.22. The predicted octanol–water partition coefficient (Wildman–Crippen LogP) is 2.14. The minimum absolute atomic E-state index is 0.0322. The second kappa shape index (κ2) is 3.89. The molecule has 3 nitrogen and oxygen atoms in total. The van der Waals surface area contributed by atoms with Gasteiger partial charge in [-0.2, -0.15) is 5.26 Å². The molecule has 0 heterocycles. The molecule has 88 valence electrons. The molecular formula is C14H16N2O. The number of amides is 1. The molecule has 1 N–H and O–H groups in total. The van der Waals surface area contributed by atoms with E-state index >= 15 is 0 Å². The molecule has 0 radical (unpaired) electrons. The molecule has 1 aromatic carbocycles. The predicted molar refractivity (Wildman–Crippen MR) is 65.2 cm³/mol. The summed E-state index contributed by atoms with van der Waals surface area (Å²) in [6, 6.07) is 11.9. The fourth-order valence-corrected chi connectivity index (χ4v) is 1.96. The van der Waals surface area contributed by atoms with Gasteiger partial charge in [0.2, 0.25) is 5.91 Å². The first-order valence-corrected chi connectivity index (χ1v) is 5.80. The first-order valence-electron chi connectivity index (χ1n) is 5.80. The highest BCUT2D eigenvalue weighted by atomic mass is 16.2. The summed E-state index contributed by atoms with van der Waals surface area (Å²) in [6.45, 7) is 3.43. The SMILES string of the molecule is CC(C)(C#N)NC(=O)C1(c2ccccc2)CC1. The Morgan fingerprint density at radius 2 is 1.94 bits per heavy atom. The maximum Gasteiger partial charge on any atom is 0.231 e. The maximum atomic E-state index is 12.2. The number of carbonyl (C=O) groups is 1. The minimum Gasteiger partial charge on any atom is -0.338 e. The van der Waals surface area contributed by atoms with E-state index in [2.05, 4.69) is 11.4 Å². The summed E-state index contributed by atoms with van der Waals surface area (Å²) >= 11 is 0. The molecule has 0 aliphatic heterocycles. The number of hydrogen-bond acceptors (Lipinski definition) is 2. The van der Waals surface area contributed by atoms with Crippen LogP contribution in [0.2, 0.25) is 0 Å². The van der Waals surface area contributed by atoms with Crippen LogP contribution in [0, 0.1) is 11.3 Å². The number of hydrogen-bond donors (Lipinski definition) is 1. The first kappa shape index (κ1) is 11.7. The van der Waals surface area contributed by atoms with E-state index in [4.69, 9.17) is 5.26 Å². The Bertz CT molecular complexity index is 467. The molecule has 0 aromatic heterocycles. The van der Waals surface area contributed by atoms with Crippen molar-refractivity contribution in [3.63, 3.8) is 0 Å². The lowest BCUT2D eigenvalue weighted by Crippen LogP contribution is -2.47. The van der Waals surface area contributed by atoms with Crippen LogP contribution in [0.15, 0.2) is 30.3 Å². The fraction of sp³-hybridized carbons (Fsp3) is 0.429. The summed E-state index contributed by atoms with van der Waals surface area (Å²) in [5.41, 5.74) is -0.150. The van der Waals surface area contributed by atoms with E-state index in [1.54, 1.807) is 13.8 Å². The van der Waals surface area contributed by atoms with Crippen LogP contribution in [0.1, 0.15) is 32.3 Å². The topological polar surface area (TPSA) is 52.9 Å². The van der Waals surface area contributed by atoms with E-state index in [9.17, 15) is 4.79 Å². The van der Waals surface area contributed by atoms with Crippen molar-refractivity contribution in [3.05, 3.63) is 35.9 Å². The van der Waals surface area contributed by atoms with Crippen molar-refractivity contribution in [1.82, 2.24) is 5.32 Å². The standard InChI is InChI=1S/C14H16N2O/c1-13(2,10-15)16-12(17)14(8-9-14)11-6-4-3-5-7-11/h3-7H,8-9H2,1-2H3,(H,16,17). The van der Waals surface area contributed by atoms with Gasteiger partial charge in [-0.25, -0.2) is 0 Å². The highest BCUT2D eigenvalue weighted by Crippen LogP contribution is 2.48. The Morgan fingerprint density at radius 3 is 2.41 bits per heavy atom. The van der Waals surface area contributed by atoms with E-state index in [1.165, 1.54) is 0 Å². The van der Waals surface area contributed by atoms with Crippen LogP contribution in [0.3, 0.4) is 0 Å². The highest BCUT2D eigenvalue weighted by molar-refractivity contribution is 5.92. The van der Waals surface area contributed by atoms with Gasteiger partial charge in [0.15, 0.2) is 0 Å². The first-order chi connectivity index (χ1) is 8.00. The quantitative estimate of drug-likeness (QED) is 0.861. The van der Waals surface area contributed by atoms with E-state index in [0.29, 0.717) is 0 Å². The van der Waals surface area contributed by atoms with Crippen molar-refractivity contribution in [1.29, 1.82) is 5.26 Å². The lowest BCUT2D eigenvalue weighted by Gasteiger charge is -2.22. The largest absolute Gasteiger partial charge is 0.338 e. The van der Waals surface area contributed by atoms with Gasteiger partial charge >= 0.3 is 0 Å². The Labute approximate surface area is 101 Å². The fourth-order valence-electron chi connectivity index (χ4n) is 1.96. The summed E-state index contributed by atoms with van der Waals surface area (Å²) in [7, 11) is 0. The number of nitriles is 1. The van der Waals surface area contributed by atoms with Gasteiger partial charge in [-0.3, -0.25) is 4.79 Å². The Morgan fingerprint density at radius 1 is 1.35 bits per heavy atom. The highest BCUT2D eigenvalue weighted by Gasteiger charge is 2.52. The molecule has 0 saturated heterocycles. The van der Waals surface area contributed by atoms with E-state index in [0.717, 1.165) is 18.4 Å². The molecule has 17 heavy (non-hydrogen) atoms. The lowest BCUT2D eigenvalue weighted by atomic mass is 9.93. The number of rotatable bonds is 3. The number of nitrogens with one attached hydrogen (secondary N) is 1. The molecule has 1 aliphatic rings. The molecule has 0 unspecified atom stereocenters. The lowest BCUT2D eigenvalue weighted by molar-refractivity contribution is -0.124. The average Bonchev–Trinajstić information content (AvgIpc) is 3.11. The van der Waals surface area contributed by atoms with Gasteiger partial charge < -0.3 is 5.32 Å². The summed E-state index contributed by atoms with van der Waals surface area (Å²) in [5, 5.41) is 11.7. The molecule has 2 rings (SSSR count). The van der Waals surface area contributed by atoms with Crippen molar-refractivity contribution in [2.75, 3.05) is 0 Å². The van der Waals surface area contributed by atoms with Gasteiger partial charge in [-0.05, 0) is 32.3 Å². The molecule has 1 aromatic rings. The van der Waals surface area contributed by atoms with Crippen LogP contribution in [0.25, 0.3) is 0 Å². The molecule has 0 atom stereocenters. The maximum absolute atomic E-state index is 12.2. The second-order valence-electron chi connectivity index (χ2n) is 5.14. The minimum atomic E-state index is -0.804. The molecule has 0 spiro atoms. The van der Waals surface area contributed by atoms with Crippen molar-refractivity contribution >= 4 is 5.91 Å². The summed E-state index contributed by atoms with van der Waals surface area (Å²) in [5.74, 6) is -0.0322. The van der Waals surface area contributed by atoms with Crippen molar-refractivity contribution in [3.8, 4) is 6.07 Å². The van der Waals surface area contributed by atoms with Gasteiger partial charge in [0.25, 0.3) is 0 Å². The van der Waals surface area contributed by atoms with E-state index in [-0.39, 0.29) is 5.91 Å². The van der Waals surface area contributed by atoms with Crippen LogP contribution in [-0.4, -0.2) is 11.4 Å². The number of carbonyl (C=O) groups excluding carboxylic acids is 1.